The highest BCUT2D eigenvalue weighted by atomic mass is 16.5. The number of rotatable bonds is 31. The maximum absolute atomic E-state index is 12.6. The van der Waals surface area contributed by atoms with Crippen LogP contribution < -0.4 is 10.6 Å². The van der Waals surface area contributed by atoms with Gasteiger partial charge in [0.1, 0.15) is 12.1 Å². The molecule has 0 radical (unpaired) electrons. The van der Waals surface area contributed by atoms with Crippen molar-refractivity contribution in [2.24, 2.45) is 0 Å². The predicted molar refractivity (Wildman–Crippen MR) is 194 cm³/mol. The maximum Gasteiger partial charge on any atom is 0.328 e. The summed E-state index contributed by atoms with van der Waals surface area (Å²) in [6.45, 7) is 3.28. The van der Waals surface area contributed by atoms with E-state index in [1.807, 2.05) is 12.2 Å². The average molecular weight is 673 g/mol. The second-order valence-electron chi connectivity index (χ2n) is 11.9. The Morgan fingerprint density at radius 2 is 1.27 bits per heavy atom. The molecule has 9 heteroatoms. The number of allylic oxidation sites excluding steroid dienone is 9. The molecule has 48 heavy (non-hydrogen) atoms. The van der Waals surface area contributed by atoms with Gasteiger partial charge < -0.3 is 25.6 Å². The Hall–Kier alpha value is -3.46. The molecule has 2 amide bonds. The van der Waals surface area contributed by atoms with E-state index < -0.39 is 24.5 Å². The van der Waals surface area contributed by atoms with Gasteiger partial charge in [-0.05, 0) is 70.3 Å². The SMILES string of the molecule is CC/C=C\C/C=C\C/C=C\C/C=C\CCC(=O)OC(/C=C\CCCCCCCC)CCCCCCC(=O)NCC(=O)NC(CO)C(=O)O. The van der Waals surface area contributed by atoms with Crippen molar-refractivity contribution in [1.82, 2.24) is 10.6 Å². The summed E-state index contributed by atoms with van der Waals surface area (Å²) in [6.07, 6.45) is 38.4. The summed E-state index contributed by atoms with van der Waals surface area (Å²) in [5.74, 6) is -2.50. The highest BCUT2D eigenvalue weighted by Gasteiger charge is 2.18. The number of aliphatic hydroxyl groups excluding tert-OH is 1. The van der Waals surface area contributed by atoms with Gasteiger partial charge in [0.2, 0.25) is 11.8 Å². The average Bonchev–Trinajstić information content (AvgIpc) is 3.07. The molecule has 0 saturated heterocycles. The number of amides is 2. The Kier molecular flexibility index (Phi) is 31.0. The summed E-state index contributed by atoms with van der Waals surface area (Å²) in [4.78, 5) is 47.3. The first-order valence-electron chi connectivity index (χ1n) is 18.2. The topological polar surface area (TPSA) is 142 Å². The van der Waals surface area contributed by atoms with E-state index in [4.69, 9.17) is 14.9 Å². The van der Waals surface area contributed by atoms with Crippen molar-refractivity contribution in [1.29, 1.82) is 0 Å². The van der Waals surface area contributed by atoms with Gasteiger partial charge in [-0.3, -0.25) is 14.4 Å². The van der Waals surface area contributed by atoms with Crippen LogP contribution in [-0.2, 0) is 23.9 Å². The molecule has 0 rings (SSSR count). The summed E-state index contributed by atoms with van der Waals surface area (Å²) in [7, 11) is 0. The lowest BCUT2D eigenvalue weighted by atomic mass is 10.1. The van der Waals surface area contributed by atoms with Crippen molar-refractivity contribution >= 4 is 23.8 Å². The third-order valence-electron chi connectivity index (χ3n) is 7.50. The summed E-state index contributed by atoms with van der Waals surface area (Å²) >= 11 is 0. The van der Waals surface area contributed by atoms with E-state index in [2.05, 4.69) is 73.1 Å². The first-order chi connectivity index (χ1) is 23.3. The number of carboxylic acids is 1. The minimum Gasteiger partial charge on any atom is -0.480 e. The van der Waals surface area contributed by atoms with Crippen molar-refractivity contribution in [3.05, 3.63) is 60.8 Å². The van der Waals surface area contributed by atoms with Crippen LogP contribution in [0.3, 0.4) is 0 Å². The second kappa shape index (κ2) is 33.4. The van der Waals surface area contributed by atoms with Gasteiger partial charge in [-0.25, -0.2) is 4.79 Å². The molecule has 0 heterocycles. The number of aliphatic hydroxyl groups is 1. The summed E-state index contributed by atoms with van der Waals surface area (Å²) < 4.78 is 5.83. The van der Waals surface area contributed by atoms with E-state index in [0.717, 1.165) is 64.2 Å². The minimum atomic E-state index is -1.40. The molecule has 272 valence electrons. The standard InChI is InChI=1S/C39H64N2O7/c1-3-5-7-9-11-13-14-15-16-17-19-21-27-31-38(45)48-34(28-24-20-18-12-10-8-6-4-2)29-25-22-23-26-30-36(43)40-32-37(44)41-35(33-42)39(46)47/h5,7,11,13,15-16,19,21,24,28,34-35,42H,3-4,6,8-10,12,14,17-18,20,22-23,25-27,29-33H2,1-2H3,(H,40,43)(H,41,44)(H,46,47)/b7-5-,13-11-,16-15-,21-19-,28-24-. The molecule has 0 spiro atoms. The number of nitrogens with one attached hydrogen (secondary N) is 2. The van der Waals surface area contributed by atoms with E-state index in [-0.39, 0.29) is 30.9 Å². The van der Waals surface area contributed by atoms with Crippen LogP contribution in [0.2, 0.25) is 0 Å². The normalized spacial score (nSPS) is 13.2. The fourth-order valence-corrected chi connectivity index (χ4v) is 4.69. The van der Waals surface area contributed by atoms with E-state index in [1.165, 1.54) is 32.1 Å². The molecular weight excluding hydrogens is 608 g/mol. The molecular formula is C39H64N2O7. The monoisotopic (exact) mass is 672 g/mol. The zero-order valence-electron chi connectivity index (χ0n) is 29.7. The molecule has 4 N–H and O–H groups in total. The fraction of sp³-hybridized carbons (Fsp3) is 0.641. The third kappa shape index (κ3) is 29.9. The first-order valence-corrected chi connectivity index (χ1v) is 18.2. The van der Waals surface area contributed by atoms with Crippen molar-refractivity contribution in [2.45, 2.75) is 148 Å². The van der Waals surface area contributed by atoms with Crippen LogP contribution in [0.1, 0.15) is 136 Å². The van der Waals surface area contributed by atoms with Crippen molar-refractivity contribution in [2.75, 3.05) is 13.2 Å². The molecule has 0 aliphatic carbocycles. The molecule has 0 saturated carbocycles. The summed E-state index contributed by atoms with van der Waals surface area (Å²) in [5, 5.41) is 22.5. The fourth-order valence-electron chi connectivity index (χ4n) is 4.69. The lowest BCUT2D eigenvalue weighted by molar-refractivity contribution is -0.147. The highest BCUT2D eigenvalue weighted by molar-refractivity contribution is 5.87. The lowest BCUT2D eigenvalue weighted by Gasteiger charge is -2.14. The van der Waals surface area contributed by atoms with Gasteiger partial charge in [-0.1, -0.05) is 113 Å². The highest BCUT2D eigenvalue weighted by Crippen LogP contribution is 2.14. The molecule has 0 fully saturated rings. The largest absolute Gasteiger partial charge is 0.480 e. The summed E-state index contributed by atoms with van der Waals surface area (Å²) in [5.41, 5.74) is 0. The molecule has 2 unspecified atom stereocenters. The van der Waals surface area contributed by atoms with E-state index in [0.29, 0.717) is 19.3 Å². The van der Waals surface area contributed by atoms with Gasteiger partial charge in [-0.15, -0.1) is 0 Å². The number of hydrogen-bond donors (Lipinski definition) is 4. The van der Waals surface area contributed by atoms with Gasteiger partial charge >= 0.3 is 11.9 Å². The molecule has 9 nitrogen and oxygen atoms in total. The third-order valence-corrected chi connectivity index (χ3v) is 7.50. The Balaban J connectivity index is 4.46. The Morgan fingerprint density at radius 3 is 1.92 bits per heavy atom. The zero-order valence-corrected chi connectivity index (χ0v) is 29.7. The van der Waals surface area contributed by atoms with E-state index in [9.17, 15) is 19.2 Å². The van der Waals surface area contributed by atoms with Crippen molar-refractivity contribution in [3.63, 3.8) is 0 Å². The van der Waals surface area contributed by atoms with E-state index in [1.54, 1.807) is 0 Å². The molecule has 0 aliphatic rings. The van der Waals surface area contributed by atoms with Gasteiger partial charge in [-0.2, -0.15) is 0 Å². The number of ether oxygens (including phenoxy) is 1. The van der Waals surface area contributed by atoms with Gasteiger partial charge in [0.05, 0.1) is 13.2 Å². The van der Waals surface area contributed by atoms with Crippen LogP contribution >= 0.6 is 0 Å². The molecule has 0 bridgehead atoms. The zero-order chi connectivity index (χ0) is 35.5. The second-order valence-corrected chi connectivity index (χ2v) is 11.9. The van der Waals surface area contributed by atoms with Crippen LogP contribution in [0, 0.1) is 0 Å². The number of carbonyl (C=O) groups excluding carboxylic acids is 3. The van der Waals surface area contributed by atoms with Crippen LogP contribution in [0.15, 0.2) is 60.8 Å². The Bertz CT molecular complexity index is 1000. The van der Waals surface area contributed by atoms with Crippen molar-refractivity contribution < 1.29 is 34.1 Å². The summed E-state index contributed by atoms with van der Waals surface area (Å²) in [6, 6.07) is -1.40. The molecule has 2 atom stereocenters. The minimum absolute atomic E-state index is 0.193. The van der Waals surface area contributed by atoms with Gasteiger partial charge in [0.25, 0.3) is 0 Å². The number of carbonyl (C=O) groups is 4. The van der Waals surface area contributed by atoms with Gasteiger partial charge in [0, 0.05) is 12.8 Å². The van der Waals surface area contributed by atoms with Crippen LogP contribution in [0.4, 0.5) is 0 Å². The number of carboxylic acid groups (broad SMARTS) is 1. The Labute approximate surface area is 290 Å². The number of aliphatic carboxylic acids is 1. The lowest BCUT2D eigenvalue weighted by Crippen LogP contribution is -2.47. The molecule has 0 aromatic rings. The first kappa shape index (κ1) is 44.5. The number of esters is 1. The van der Waals surface area contributed by atoms with Crippen LogP contribution in [0.5, 0.6) is 0 Å². The van der Waals surface area contributed by atoms with Crippen LogP contribution in [0.25, 0.3) is 0 Å². The molecule has 0 aromatic heterocycles. The van der Waals surface area contributed by atoms with Gasteiger partial charge in [0.15, 0.2) is 0 Å². The Morgan fingerprint density at radius 1 is 0.667 bits per heavy atom. The number of unbranched alkanes of at least 4 members (excludes halogenated alkanes) is 9. The maximum atomic E-state index is 12.6. The molecule has 0 aliphatic heterocycles. The quantitative estimate of drug-likeness (QED) is 0.0334. The molecule has 0 aromatic carbocycles. The predicted octanol–water partition coefficient (Wildman–Crippen LogP) is 7.81. The smallest absolute Gasteiger partial charge is 0.328 e. The van der Waals surface area contributed by atoms with Crippen LogP contribution in [-0.4, -0.2) is 59.3 Å². The number of hydrogen-bond acceptors (Lipinski definition) is 6. The van der Waals surface area contributed by atoms with Crippen molar-refractivity contribution in [3.8, 4) is 0 Å². The van der Waals surface area contributed by atoms with E-state index >= 15 is 0 Å².